The Morgan fingerprint density at radius 3 is 2.69 bits per heavy atom. The van der Waals surface area contributed by atoms with Gasteiger partial charge in [-0.15, -0.1) is 11.3 Å². The number of halogens is 3. The van der Waals surface area contributed by atoms with Gasteiger partial charge in [-0.1, -0.05) is 23.7 Å². The van der Waals surface area contributed by atoms with Gasteiger partial charge in [0.15, 0.2) is 0 Å². The fraction of sp³-hybridized carbons (Fsp3) is 0. The van der Waals surface area contributed by atoms with E-state index >= 15 is 0 Å². The van der Waals surface area contributed by atoms with Crippen LogP contribution in [-0.4, -0.2) is 5.78 Å². The molecule has 1 nitrogen and oxygen atoms in total. The molecule has 0 bridgehead atoms. The Hall–Kier alpha value is 0.0900. The molecule has 0 aliphatic rings. The van der Waals surface area contributed by atoms with Crippen LogP contribution in [0.1, 0.15) is 15.2 Å². The molecule has 0 unspecified atom stereocenters. The van der Waals surface area contributed by atoms with Crippen LogP contribution in [-0.2, 0) is 0 Å². The zero-order chi connectivity index (χ0) is 11.7. The summed E-state index contributed by atoms with van der Waals surface area (Å²) in [6.45, 7) is 0. The molecule has 0 fully saturated rings. The van der Waals surface area contributed by atoms with Crippen LogP contribution >= 0.6 is 61.5 Å². The Bertz CT molecular complexity index is 533. The fourth-order valence-corrected chi connectivity index (χ4v) is 3.44. The second-order valence-corrected chi connectivity index (χ2v) is 6.83. The Morgan fingerprint density at radius 1 is 1.38 bits per heavy atom. The van der Waals surface area contributed by atoms with Crippen molar-refractivity contribution in [3.63, 3.8) is 0 Å². The quantitative estimate of drug-likeness (QED) is 0.487. The highest BCUT2D eigenvalue weighted by Gasteiger charge is 2.14. The highest BCUT2D eigenvalue weighted by molar-refractivity contribution is 14.1. The van der Waals surface area contributed by atoms with Gasteiger partial charge >= 0.3 is 0 Å². The second-order valence-electron chi connectivity index (χ2n) is 3.07. The summed E-state index contributed by atoms with van der Waals surface area (Å²) in [7, 11) is 0. The Kier molecular flexibility index (Phi) is 4.05. The first-order valence-electron chi connectivity index (χ1n) is 4.33. The van der Waals surface area contributed by atoms with Crippen molar-refractivity contribution < 1.29 is 4.79 Å². The van der Waals surface area contributed by atoms with E-state index in [1.807, 2.05) is 24.3 Å². The average Bonchev–Trinajstić information content (AvgIpc) is 2.58. The third-order valence-electron chi connectivity index (χ3n) is 1.96. The van der Waals surface area contributed by atoms with E-state index in [0.29, 0.717) is 14.8 Å². The molecule has 16 heavy (non-hydrogen) atoms. The molecule has 0 spiro atoms. The number of ketones is 1. The third-order valence-corrected chi connectivity index (χ3v) is 5.10. The molecule has 1 heterocycles. The van der Waals surface area contributed by atoms with Crippen LogP contribution in [0.15, 0.2) is 34.8 Å². The molecule has 2 aromatic rings. The first-order valence-corrected chi connectivity index (χ1v) is 7.39. The van der Waals surface area contributed by atoms with E-state index in [9.17, 15) is 4.79 Å². The Labute approximate surface area is 124 Å². The highest BCUT2D eigenvalue weighted by atomic mass is 127. The normalized spacial score (nSPS) is 10.4. The van der Waals surface area contributed by atoms with Crippen molar-refractivity contribution in [1.29, 1.82) is 0 Å². The van der Waals surface area contributed by atoms with E-state index < -0.39 is 0 Å². The number of hydrogen-bond donors (Lipinski definition) is 0. The Balaban J connectivity index is 2.39. The van der Waals surface area contributed by atoms with E-state index in [1.165, 1.54) is 11.3 Å². The van der Waals surface area contributed by atoms with Crippen molar-refractivity contribution in [3.8, 4) is 0 Å². The molecular weight excluding hydrogens is 422 g/mol. The van der Waals surface area contributed by atoms with Crippen molar-refractivity contribution in [2.24, 2.45) is 0 Å². The molecule has 0 saturated heterocycles. The number of carbonyl (C=O) groups is 1. The van der Waals surface area contributed by atoms with E-state index in [-0.39, 0.29) is 5.78 Å². The number of hydrogen-bond acceptors (Lipinski definition) is 2. The minimum atomic E-state index is 0.0103. The minimum Gasteiger partial charge on any atom is -0.288 e. The molecule has 82 valence electrons. The molecule has 0 saturated carbocycles. The van der Waals surface area contributed by atoms with Crippen LogP contribution < -0.4 is 0 Å². The zero-order valence-electron chi connectivity index (χ0n) is 7.84. The van der Waals surface area contributed by atoms with Crippen molar-refractivity contribution in [2.45, 2.75) is 0 Å². The predicted molar refractivity (Wildman–Crippen MR) is 79.6 cm³/mol. The molecule has 0 aliphatic carbocycles. The SMILES string of the molecule is O=C(c1cccc(I)c1)c1cc(Br)c(Cl)s1. The third kappa shape index (κ3) is 2.67. The highest BCUT2D eigenvalue weighted by Crippen LogP contribution is 2.33. The number of carbonyl (C=O) groups excluding carboxylic acids is 1. The topological polar surface area (TPSA) is 17.1 Å². The monoisotopic (exact) mass is 426 g/mol. The lowest BCUT2D eigenvalue weighted by molar-refractivity contribution is 0.104. The maximum absolute atomic E-state index is 12.1. The van der Waals surface area contributed by atoms with Crippen LogP contribution in [0.25, 0.3) is 0 Å². The van der Waals surface area contributed by atoms with Crippen molar-refractivity contribution in [3.05, 3.63) is 53.2 Å². The summed E-state index contributed by atoms with van der Waals surface area (Å²) < 4.78 is 2.42. The summed E-state index contributed by atoms with van der Waals surface area (Å²) in [6, 6.07) is 9.26. The summed E-state index contributed by atoms with van der Waals surface area (Å²) >= 11 is 12.7. The van der Waals surface area contributed by atoms with Crippen LogP contribution in [0.2, 0.25) is 4.34 Å². The van der Waals surface area contributed by atoms with Gasteiger partial charge in [0.25, 0.3) is 0 Å². The summed E-state index contributed by atoms with van der Waals surface area (Å²) in [5, 5.41) is 0. The van der Waals surface area contributed by atoms with Crippen molar-refractivity contribution >= 4 is 67.2 Å². The number of benzene rings is 1. The largest absolute Gasteiger partial charge is 0.288 e. The molecule has 1 aromatic heterocycles. The average molecular weight is 427 g/mol. The van der Waals surface area contributed by atoms with E-state index in [4.69, 9.17) is 11.6 Å². The van der Waals surface area contributed by atoms with Gasteiger partial charge in [0, 0.05) is 13.6 Å². The molecule has 5 heteroatoms. The Morgan fingerprint density at radius 2 is 2.12 bits per heavy atom. The molecule has 0 aliphatic heterocycles. The summed E-state index contributed by atoms with van der Waals surface area (Å²) in [4.78, 5) is 12.7. The van der Waals surface area contributed by atoms with Crippen LogP contribution in [0.3, 0.4) is 0 Å². The van der Waals surface area contributed by atoms with Gasteiger partial charge < -0.3 is 0 Å². The predicted octanol–water partition coefficient (Wildman–Crippen LogP) is 5.00. The van der Waals surface area contributed by atoms with Crippen LogP contribution in [0.4, 0.5) is 0 Å². The lowest BCUT2D eigenvalue weighted by atomic mass is 10.1. The van der Waals surface area contributed by atoms with Gasteiger partial charge in [-0.25, -0.2) is 0 Å². The van der Waals surface area contributed by atoms with Crippen LogP contribution in [0.5, 0.6) is 0 Å². The van der Waals surface area contributed by atoms with Gasteiger partial charge in [0.1, 0.15) is 4.34 Å². The van der Waals surface area contributed by atoms with E-state index in [2.05, 4.69) is 38.5 Å². The number of thiophene rings is 1. The first kappa shape index (κ1) is 12.5. The lowest BCUT2D eigenvalue weighted by Gasteiger charge is -1.98. The lowest BCUT2D eigenvalue weighted by Crippen LogP contribution is -1.98. The van der Waals surface area contributed by atoms with Gasteiger partial charge in [0.05, 0.1) is 4.88 Å². The maximum Gasteiger partial charge on any atom is 0.203 e. The summed E-state index contributed by atoms with van der Waals surface area (Å²) in [5.41, 5.74) is 0.692. The van der Waals surface area contributed by atoms with E-state index in [0.717, 1.165) is 8.04 Å². The molecule has 1 aromatic carbocycles. The maximum atomic E-state index is 12.1. The fourth-order valence-electron chi connectivity index (χ4n) is 1.23. The number of rotatable bonds is 2. The molecule has 0 N–H and O–H groups in total. The van der Waals surface area contributed by atoms with Gasteiger partial charge in [-0.3, -0.25) is 4.79 Å². The molecule has 0 atom stereocenters. The van der Waals surface area contributed by atoms with E-state index in [1.54, 1.807) is 6.07 Å². The smallest absolute Gasteiger partial charge is 0.203 e. The molecule has 0 radical (unpaired) electrons. The van der Waals surface area contributed by atoms with Crippen molar-refractivity contribution in [2.75, 3.05) is 0 Å². The molecule has 2 rings (SSSR count). The molecule has 0 amide bonds. The first-order chi connectivity index (χ1) is 7.58. The summed E-state index contributed by atoms with van der Waals surface area (Å²) in [6.07, 6.45) is 0. The zero-order valence-corrected chi connectivity index (χ0v) is 13.2. The molecular formula is C11H5BrClIOS. The van der Waals surface area contributed by atoms with Crippen molar-refractivity contribution in [1.82, 2.24) is 0 Å². The van der Waals surface area contributed by atoms with Gasteiger partial charge in [0.2, 0.25) is 5.78 Å². The summed E-state index contributed by atoms with van der Waals surface area (Å²) in [5.74, 6) is 0.0103. The standard InChI is InChI=1S/C11H5BrClIOS/c12-8-5-9(16-11(8)13)10(15)6-2-1-3-7(14)4-6/h1-5H. The minimum absolute atomic E-state index is 0.0103. The van der Waals surface area contributed by atoms with Crippen LogP contribution in [0, 0.1) is 3.57 Å². The second kappa shape index (κ2) is 5.16. The van der Waals surface area contributed by atoms with Gasteiger partial charge in [-0.05, 0) is 56.7 Å². The van der Waals surface area contributed by atoms with Gasteiger partial charge in [-0.2, -0.15) is 0 Å².